The first-order chi connectivity index (χ1) is 12.2. The van der Waals surface area contributed by atoms with E-state index in [1.54, 1.807) is 14.2 Å². The van der Waals surface area contributed by atoms with Crippen molar-refractivity contribution in [2.75, 3.05) is 40.4 Å². The molecule has 6 nitrogen and oxygen atoms in total. The highest BCUT2D eigenvalue weighted by atomic mass is 16.5. The predicted molar refractivity (Wildman–Crippen MR) is 98.0 cm³/mol. The molecule has 2 aromatic rings. The lowest BCUT2D eigenvalue weighted by molar-refractivity contribution is 0.119. The van der Waals surface area contributed by atoms with E-state index in [0.29, 0.717) is 0 Å². The van der Waals surface area contributed by atoms with Gasteiger partial charge in [0.1, 0.15) is 5.82 Å². The number of ether oxygens (including phenoxy) is 2. The molecular weight excluding hydrogens is 316 g/mol. The minimum atomic E-state index is 0.780. The summed E-state index contributed by atoms with van der Waals surface area (Å²) in [4.78, 5) is 9.46. The van der Waals surface area contributed by atoms with E-state index in [9.17, 15) is 0 Å². The van der Waals surface area contributed by atoms with Gasteiger partial charge in [0.2, 0.25) is 0 Å². The van der Waals surface area contributed by atoms with E-state index in [1.165, 1.54) is 5.56 Å². The van der Waals surface area contributed by atoms with Crippen LogP contribution in [0.5, 0.6) is 11.5 Å². The van der Waals surface area contributed by atoms with Crippen molar-refractivity contribution < 1.29 is 9.47 Å². The quantitative estimate of drug-likeness (QED) is 0.771. The van der Waals surface area contributed by atoms with Crippen molar-refractivity contribution in [3.05, 3.63) is 42.0 Å². The summed E-state index contributed by atoms with van der Waals surface area (Å²) in [6.45, 7) is 9.31. The second-order valence-electron chi connectivity index (χ2n) is 6.37. The van der Waals surface area contributed by atoms with Crippen molar-refractivity contribution in [3.8, 4) is 11.5 Å². The van der Waals surface area contributed by atoms with Gasteiger partial charge in [-0.15, -0.1) is 0 Å². The van der Waals surface area contributed by atoms with Gasteiger partial charge in [0, 0.05) is 51.7 Å². The van der Waals surface area contributed by atoms with Crippen LogP contribution in [0.3, 0.4) is 0 Å². The number of aryl methyl sites for hydroxylation is 1. The van der Waals surface area contributed by atoms with Crippen LogP contribution in [0.4, 0.5) is 0 Å². The lowest BCUT2D eigenvalue weighted by atomic mass is 10.1. The Kier molecular flexibility index (Phi) is 5.94. The molecule has 1 aromatic carbocycles. The molecule has 6 heteroatoms. The van der Waals surface area contributed by atoms with Gasteiger partial charge in [0.05, 0.1) is 20.8 Å². The largest absolute Gasteiger partial charge is 0.493 e. The van der Waals surface area contributed by atoms with Crippen molar-refractivity contribution >= 4 is 0 Å². The average Bonchev–Trinajstić information content (AvgIpc) is 3.10. The van der Waals surface area contributed by atoms with Crippen molar-refractivity contribution in [2.45, 2.75) is 26.6 Å². The van der Waals surface area contributed by atoms with Crippen LogP contribution in [0.15, 0.2) is 30.6 Å². The fourth-order valence-corrected chi connectivity index (χ4v) is 3.32. The SMILES string of the molecule is CCn1ccnc1CN1CCN(Cc2ccc(OC)c(OC)c2)CC1. The normalized spacial score (nSPS) is 16.1. The summed E-state index contributed by atoms with van der Waals surface area (Å²) < 4.78 is 12.9. The first-order valence-corrected chi connectivity index (χ1v) is 8.89. The predicted octanol–water partition coefficient (Wildman–Crippen LogP) is 2.24. The Morgan fingerprint density at radius 3 is 2.28 bits per heavy atom. The number of nitrogens with zero attached hydrogens (tertiary/aromatic N) is 4. The molecule has 0 radical (unpaired) electrons. The number of hydrogen-bond acceptors (Lipinski definition) is 5. The van der Waals surface area contributed by atoms with Crippen LogP contribution in [-0.2, 0) is 19.6 Å². The summed E-state index contributed by atoms with van der Waals surface area (Å²) in [5, 5.41) is 0. The van der Waals surface area contributed by atoms with Gasteiger partial charge >= 0.3 is 0 Å². The van der Waals surface area contributed by atoms with Crippen molar-refractivity contribution in [3.63, 3.8) is 0 Å². The van der Waals surface area contributed by atoms with Gasteiger partial charge in [-0.25, -0.2) is 4.98 Å². The Morgan fingerprint density at radius 1 is 0.960 bits per heavy atom. The Bertz CT molecular complexity index is 678. The second kappa shape index (κ2) is 8.36. The zero-order chi connectivity index (χ0) is 17.6. The van der Waals surface area contributed by atoms with Gasteiger partial charge in [0.25, 0.3) is 0 Å². The zero-order valence-corrected chi connectivity index (χ0v) is 15.4. The zero-order valence-electron chi connectivity index (χ0n) is 15.4. The van der Waals surface area contributed by atoms with Gasteiger partial charge in [-0.1, -0.05) is 6.07 Å². The third-order valence-electron chi connectivity index (χ3n) is 4.83. The van der Waals surface area contributed by atoms with E-state index in [2.05, 4.69) is 44.6 Å². The van der Waals surface area contributed by atoms with E-state index in [-0.39, 0.29) is 0 Å². The molecule has 1 aromatic heterocycles. The van der Waals surface area contributed by atoms with Crippen molar-refractivity contribution in [1.29, 1.82) is 0 Å². The number of imidazole rings is 1. The molecule has 136 valence electrons. The molecule has 0 amide bonds. The third kappa shape index (κ3) is 4.32. The summed E-state index contributed by atoms with van der Waals surface area (Å²) in [5.74, 6) is 2.74. The Morgan fingerprint density at radius 2 is 1.64 bits per heavy atom. The smallest absolute Gasteiger partial charge is 0.161 e. The Balaban J connectivity index is 1.52. The third-order valence-corrected chi connectivity index (χ3v) is 4.83. The van der Waals surface area contributed by atoms with E-state index in [1.807, 2.05) is 12.3 Å². The van der Waals surface area contributed by atoms with Crippen molar-refractivity contribution in [1.82, 2.24) is 19.4 Å². The molecule has 25 heavy (non-hydrogen) atoms. The van der Waals surface area contributed by atoms with Gasteiger partial charge < -0.3 is 14.0 Å². The molecule has 0 atom stereocenters. The lowest BCUT2D eigenvalue weighted by Gasteiger charge is -2.34. The minimum Gasteiger partial charge on any atom is -0.493 e. The topological polar surface area (TPSA) is 42.8 Å². The molecule has 0 bridgehead atoms. The van der Waals surface area contributed by atoms with Crippen LogP contribution >= 0.6 is 0 Å². The molecule has 2 heterocycles. The lowest BCUT2D eigenvalue weighted by Crippen LogP contribution is -2.45. The van der Waals surface area contributed by atoms with Gasteiger partial charge in [0.15, 0.2) is 11.5 Å². The molecule has 0 N–H and O–H groups in total. The monoisotopic (exact) mass is 344 g/mol. The van der Waals surface area contributed by atoms with Gasteiger partial charge in [-0.05, 0) is 24.6 Å². The average molecular weight is 344 g/mol. The molecular formula is C19H28N4O2. The highest BCUT2D eigenvalue weighted by Gasteiger charge is 2.19. The molecule has 1 aliphatic rings. The van der Waals surface area contributed by atoms with Crippen LogP contribution < -0.4 is 9.47 Å². The van der Waals surface area contributed by atoms with Crippen molar-refractivity contribution in [2.24, 2.45) is 0 Å². The van der Waals surface area contributed by atoms with E-state index in [0.717, 1.165) is 63.1 Å². The molecule has 1 saturated heterocycles. The maximum atomic E-state index is 5.40. The Labute approximate surface area is 150 Å². The number of piperazine rings is 1. The summed E-state index contributed by atoms with van der Waals surface area (Å²) in [6.07, 6.45) is 3.95. The fourth-order valence-electron chi connectivity index (χ4n) is 3.32. The van der Waals surface area contributed by atoms with Crippen LogP contribution in [0.1, 0.15) is 18.3 Å². The molecule has 1 aliphatic heterocycles. The molecule has 0 spiro atoms. The number of rotatable bonds is 7. The van der Waals surface area contributed by atoms with Gasteiger partial charge in [-0.2, -0.15) is 0 Å². The maximum Gasteiger partial charge on any atom is 0.161 e. The van der Waals surface area contributed by atoms with Crippen LogP contribution in [0.2, 0.25) is 0 Å². The van der Waals surface area contributed by atoms with Crippen LogP contribution in [0, 0.1) is 0 Å². The number of benzene rings is 1. The van der Waals surface area contributed by atoms with Crippen LogP contribution in [0.25, 0.3) is 0 Å². The number of aromatic nitrogens is 2. The summed E-state index contributed by atoms with van der Waals surface area (Å²) >= 11 is 0. The summed E-state index contributed by atoms with van der Waals surface area (Å²) in [5.41, 5.74) is 1.26. The second-order valence-corrected chi connectivity index (χ2v) is 6.37. The highest BCUT2D eigenvalue weighted by Crippen LogP contribution is 2.28. The molecule has 0 aliphatic carbocycles. The summed E-state index contributed by atoms with van der Waals surface area (Å²) in [6, 6.07) is 6.17. The fraction of sp³-hybridized carbons (Fsp3) is 0.526. The first-order valence-electron chi connectivity index (χ1n) is 8.89. The number of hydrogen-bond donors (Lipinski definition) is 0. The maximum absolute atomic E-state index is 5.40. The number of methoxy groups -OCH3 is 2. The minimum absolute atomic E-state index is 0.780. The van der Waals surface area contributed by atoms with E-state index in [4.69, 9.17) is 9.47 Å². The molecule has 0 unspecified atom stereocenters. The summed E-state index contributed by atoms with van der Waals surface area (Å²) in [7, 11) is 3.35. The standard InChI is InChI=1S/C19H28N4O2/c1-4-23-8-7-20-19(23)15-22-11-9-21(10-12-22)14-16-5-6-17(24-2)18(13-16)25-3/h5-8,13H,4,9-12,14-15H2,1-3H3. The van der Waals surface area contributed by atoms with Gasteiger partial charge in [-0.3, -0.25) is 9.80 Å². The highest BCUT2D eigenvalue weighted by molar-refractivity contribution is 5.42. The van der Waals surface area contributed by atoms with E-state index < -0.39 is 0 Å². The Hall–Kier alpha value is -2.05. The first kappa shape index (κ1) is 17.8. The molecule has 0 saturated carbocycles. The molecule has 1 fully saturated rings. The van der Waals surface area contributed by atoms with E-state index >= 15 is 0 Å². The van der Waals surface area contributed by atoms with Crippen LogP contribution in [-0.4, -0.2) is 59.7 Å². The molecule has 3 rings (SSSR count).